The number of hydrazone groups is 1. The van der Waals surface area contributed by atoms with E-state index in [0.29, 0.717) is 12.3 Å². The molecule has 1 amide bonds. The van der Waals surface area contributed by atoms with Gasteiger partial charge in [-0.15, -0.1) is 0 Å². The lowest BCUT2D eigenvalue weighted by Crippen LogP contribution is -2.19. The fraction of sp³-hybridized carbons (Fsp3) is 0.300. The molecule has 0 bridgehead atoms. The summed E-state index contributed by atoms with van der Waals surface area (Å²) < 4.78 is 0. The Morgan fingerprint density at radius 1 is 1.09 bits per heavy atom. The number of benzene rings is 2. The summed E-state index contributed by atoms with van der Waals surface area (Å²) in [5, 5.41) is 6.02. The van der Waals surface area contributed by atoms with E-state index in [0.717, 1.165) is 17.0 Å². The number of carbonyl (C=O) groups is 1. The lowest BCUT2D eigenvalue weighted by Gasteiger charge is -2.11. The highest BCUT2D eigenvalue weighted by Crippen LogP contribution is 2.25. The van der Waals surface area contributed by atoms with Gasteiger partial charge in [-0.3, -0.25) is 4.79 Å². The number of hydrogen-bond donors (Lipinski definition) is 0. The Bertz CT molecular complexity index is 704. The predicted molar refractivity (Wildman–Crippen MR) is 94.8 cm³/mol. The quantitative estimate of drug-likeness (QED) is 0.786. The van der Waals surface area contributed by atoms with Crippen molar-refractivity contribution >= 4 is 17.3 Å². The van der Waals surface area contributed by atoms with Gasteiger partial charge in [-0.2, -0.15) is 5.10 Å². The van der Waals surface area contributed by atoms with Crippen molar-refractivity contribution in [2.75, 3.05) is 5.01 Å². The van der Waals surface area contributed by atoms with Crippen LogP contribution in [0.2, 0.25) is 0 Å². The fourth-order valence-corrected chi connectivity index (χ4v) is 2.96. The Morgan fingerprint density at radius 3 is 2.43 bits per heavy atom. The molecule has 0 radical (unpaired) electrons. The lowest BCUT2D eigenvalue weighted by atomic mass is 9.95. The molecule has 118 valence electrons. The number of para-hydroxylation sites is 1. The van der Waals surface area contributed by atoms with E-state index in [-0.39, 0.29) is 5.91 Å². The van der Waals surface area contributed by atoms with Crippen molar-refractivity contribution < 1.29 is 4.79 Å². The third-order valence-corrected chi connectivity index (χ3v) is 4.31. The molecule has 1 aliphatic rings. The van der Waals surface area contributed by atoms with Crippen LogP contribution in [0.15, 0.2) is 59.7 Å². The van der Waals surface area contributed by atoms with Gasteiger partial charge in [-0.05, 0) is 35.6 Å². The topological polar surface area (TPSA) is 32.7 Å². The van der Waals surface area contributed by atoms with Crippen molar-refractivity contribution in [2.24, 2.45) is 5.10 Å². The van der Waals surface area contributed by atoms with Crippen molar-refractivity contribution in [3.8, 4) is 0 Å². The van der Waals surface area contributed by atoms with Gasteiger partial charge in [0.05, 0.1) is 17.8 Å². The zero-order valence-corrected chi connectivity index (χ0v) is 13.7. The van der Waals surface area contributed by atoms with Crippen LogP contribution in [0.4, 0.5) is 5.69 Å². The number of amides is 1. The van der Waals surface area contributed by atoms with Gasteiger partial charge in [0.1, 0.15) is 0 Å². The van der Waals surface area contributed by atoms with Gasteiger partial charge in [-0.25, -0.2) is 5.01 Å². The summed E-state index contributed by atoms with van der Waals surface area (Å²) >= 11 is 0. The molecule has 0 aliphatic carbocycles. The molecule has 1 heterocycles. The maximum atomic E-state index is 12.2. The molecular formula is C20H22N2O. The van der Waals surface area contributed by atoms with Crippen molar-refractivity contribution in [1.82, 2.24) is 0 Å². The number of hydrogen-bond acceptors (Lipinski definition) is 2. The normalized spacial score (nSPS) is 15.7. The summed E-state index contributed by atoms with van der Waals surface area (Å²) in [6, 6.07) is 18.1. The molecule has 2 aromatic rings. The van der Waals surface area contributed by atoms with Gasteiger partial charge in [0.25, 0.3) is 5.91 Å². The summed E-state index contributed by atoms with van der Waals surface area (Å²) in [6.07, 6.45) is 2.75. The Balaban J connectivity index is 1.81. The van der Waals surface area contributed by atoms with E-state index in [4.69, 9.17) is 0 Å². The van der Waals surface area contributed by atoms with E-state index in [1.807, 2.05) is 30.3 Å². The molecular weight excluding hydrogens is 284 g/mol. The van der Waals surface area contributed by atoms with Crippen molar-refractivity contribution in [3.05, 3.63) is 65.7 Å². The minimum Gasteiger partial charge on any atom is -0.272 e. The zero-order valence-electron chi connectivity index (χ0n) is 13.7. The minimum atomic E-state index is 0.0228. The van der Waals surface area contributed by atoms with Crippen LogP contribution in [0.3, 0.4) is 0 Å². The molecule has 0 saturated carbocycles. The summed E-state index contributed by atoms with van der Waals surface area (Å²) in [5.74, 6) is 0.594. The lowest BCUT2D eigenvalue weighted by molar-refractivity contribution is -0.116. The van der Waals surface area contributed by atoms with Crippen LogP contribution < -0.4 is 5.01 Å². The number of nitrogens with zero attached hydrogens (tertiary/aromatic N) is 2. The van der Waals surface area contributed by atoms with Crippen molar-refractivity contribution in [3.63, 3.8) is 0 Å². The maximum absolute atomic E-state index is 12.2. The first-order valence-corrected chi connectivity index (χ1v) is 8.25. The summed E-state index contributed by atoms with van der Waals surface area (Å²) in [6.45, 7) is 4.47. The molecule has 3 nitrogen and oxygen atoms in total. The Labute approximate surface area is 137 Å². The molecule has 0 spiro atoms. The molecule has 0 fully saturated rings. The fourth-order valence-electron chi connectivity index (χ4n) is 2.96. The van der Waals surface area contributed by atoms with Crippen LogP contribution in [0.5, 0.6) is 0 Å². The second kappa shape index (κ2) is 6.78. The van der Waals surface area contributed by atoms with Gasteiger partial charge in [-0.1, -0.05) is 62.7 Å². The second-order valence-electron chi connectivity index (χ2n) is 6.08. The van der Waals surface area contributed by atoms with Gasteiger partial charge in [0, 0.05) is 0 Å². The van der Waals surface area contributed by atoms with Crippen molar-refractivity contribution in [2.45, 2.75) is 39.0 Å². The SMILES string of the molecule is CCCC(C)c1ccc(C2=NN(c3ccccc3)C(=O)C2)cc1. The molecule has 1 unspecified atom stereocenters. The standard InChI is InChI=1S/C20H22N2O/c1-3-7-15(2)16-10-12-17(13-11-16)19-14-20(23)22(21-19)18-8-5-4-6-9-18/h4-6,8-13,15H,3,7,14H2,1-2H3. The van der Waals surface area contributed by atoms with E-state index in [1.54, 1.807) is 0 Å². The molecule has 2 aromatic carbocycles. The first-order valence-electron chi connectivity index (χ1n) is 8.25. The maximum Gasteiger partial charge on any atom is 0.253 e. The largest absolute Gasteiger partial charge is 0.272 e. The number of anilines is 1. The summed E-state index contributed by atoms with van der Waals surface area (Å²) in [5.41, 5.74) is 4.04. The molecule has 1 aliphatic heterocycles. The Hall–Kier alpha value is -2.42. The number of rotatable bonds is 5. The van der Waals surface area contributed by atoms with Crippen LogP contribution in [-0.4, -0.2) is 11.6 Å². The van der Waals surface area contributed by atoms with E-state index in [9.17, 15) is 4.79 Å². The number of carbonyl (C=O) groups excluding carboxylic acids is 1. The molecule has 0 N–H and O–H groups in total. The monoisotopic (exact) mass is 306 g/mol. The average Bonchev–Trinajstić information content (AvgIpc) is 2.98. The Kier molecular flexibility index (Phi) is 4.56. The third kappa shape index (κ3) is 3.34. The van der Waals surface area contributed by atoms with Crippen LogP contribution in [-0.2, 0) is 4.79 Å². The Morgan fingerprint density at radius 2 is 1.78 bits per heavy atom. The highest BCUT2D eigenvalue weighted by atomic mass is 16.2. The van der Waals surface area contributed by atoms with Gasteiger partial charge >= 0.3 is 0 Å². The predicted octanol–water partition coefficient (Wildman–Crippen LogP) is 4.73. The first-order chi connectivity index (χ1) is 11.2. The van der Waals surface area contributed by atoms with Crippen molar-refractivity contribution in [1.29, 1.82) is 0 Å². The van der Waals surface area contributed by atoms with Crippen LogP contribution in [0, 0.1) is 0 Å². The zero-order chi connectivity index (χ0) is 16.2. The molecule has 23 heavy (non-hydrogen) atoms. The highest BCUT2D eigenvalue weighted by molar-refractivity contribution is 6.19. The average molecular weight is 306 g/mol. The molecule has 3 rings (SSSR count). The van der Waals surface area contributed by atoms with E-state index in [2.05, 4.69) is 43.2 Å². The van der Waals surface area contributed by atoms with Gasteiger partial charge in [0.15, 0.2) is 0 Å². The second-order valence-corrected chi connectivity index (χ2v) is 6.08. The van der Waals surface area contributed by atoms with Gasteiger partial charge < -0.3 is 0 Å². The molecule has 0 saturated heterocycles. The minimum absolute atomic E-state index is 0.0228. The molecule has 1 atom stereocenters. The highest BCUT2D eigenvalue weighted by Gasteiger charge is 2.25. The van der Waals surface area contributed by atoms with Crippen LogP contribution >= 0.6 is 0 Å². The first kappa shape index (κ1) is 15.5. The summed E-state index contributed by atoms with van der Waals surface area (Å²) in [4.78, 5) is 12.2. The molecule has 3 heteroatoms. The third-order valence-electron chi connectivity index (χ3n) is 4.31. The van der Waals surface area contributed by atoms with Crippen LogP contribution in [0.25, 0.3) is 0 Å². The van der Waals surface area contributed by atoms with E-state index >= 15 is 0 Å². The summed E-state index contributed by atoms with van der Waals surface area (Å²) in [7, 11) is 0. The molecule has 0 aromatic heterocycles. The van der Waals surface area contributed by atoms with Crippen LogP contribution in [0.1, 0.15) is 50.2 Å². The van der Waals surface area contributed by atoms with Gasteiger partial charge in [0.2, 0.25) is 0 Å². The van der Waals surface area contributed by atoms with E-state index < -0.39 is 0 Å². The van der Waals surface area contributed by atoms with E-state index in [1.165, 1.54) is 23.4 Å². The smallest absolute Gasteiger partial charge is 0.253 e.